The van der Waals surface area contributed by atoms with Gasteiger partial charge in [0.05, 0.1) is 17.9 Å². The molecule has 1 aromatic carbocycles. The van der Waals surface area contributed by atoms with E-state index in [1.165, 1.54) is 5.56 Å². The van der Waals surface area contributed by atoms with Crippen molar-refractivity contribution in [3.63, 3.8) is 0 Å². The van der Waals surface area contributed by atoms with Crippen molar-refractivity contribution in [2.45, 2.75) is 26.4 Å². The van der Waals surface area contributed by atoms with E-state index >= 15 is 0 Å². The Hall–Kier alpha value is -2.56. The van der Waals surface area contributed by atoms with E-state index in [0.717, 1.165) is 23.5 Å². The Bertz CT molecular complexity index is 699. The monoisotopic (exact) mass is 281 g/mol. The van der Waals surface area contributed by atoms with E-state index in [-0.39, 0.29) is 6.04 Å². The van der Waals surface area contributed by atoms with E-state index in [2.05, 4.69) is 58.9 Å². The van der Waals surface area contributed by atoms with Crippen molar-refractivity contribution in [1.29, 1.82) is 0 Å². The summed E-state index contributed by atoms with van der Waals surface area (Å²) in [6.45, 7) is 5.12. The number of aromatic nitrogens is 4. The number of hydrogen-bond acceptors (Lipinski definition) is 3. The van der Waals surface area contributed by atoms with Crippen molar-refractivity contribution in [3.05, 3.63) is 54.5 Å². The molecular weight excluding hydrogens is 262 g/mol. The summed E-state index contributed by atoms with van der Waals surface area (Å²) in [6.07, 6.45) is 5.76. The van der Waals surface area contributed by atoms with Gasteiger partial charge in [0, 0.05) is 35.8 Å². The van der Waals surface area contributed by atoms with Crippen LogP contribution in [0.5, 0.6) is 0 Å². The first-order chi connectivity index (χ1) is 10.3. The zero-order chi connectivity index (χ0) is 14.7. The molecule has 0 saturated carbocycles. The van der Waals surface area contributed by atoms with Crippen molar-refractivity contribution >= 4 is 5.69 Å². The molecule has 0 aliphatic rings. The molecule has 1 unspecified atom stereocenters. The van der Waals surface area contributed by atoms with E-state index in [1.807, 2.05) is 23.0 Å². The molecule has 2 aromatic heterocycles. The summed E-state index contributed by atoms with van der Waals surface area (Å²) in [5.41, 5.74) is 4.40. The highest BCUT2D eigenvalue weighted by Crippen LogP contribution is 2.23. The maximum absolute atomic E-state index is 4.32. The average molecular weight is 281 g/mol. The lowest BCUT2D eigenvalue weighted by molar-refractivity contribution is 0.658. The van der Waals surface area contributed by atoms with Gasteiger partial charge in [-0.1, -0.05) is 12.1 Å². The third-order valence-corrected chi connectivity index (χ3v) is 3.53. The second-order valence-electron chi connectivity index (χ2n) is 5.05. The Balaban J connectivity index is 1.77. The van der Waals surface area contributed by atoms with Crippen LogP contribution in [0.2, 0.25) is 0 Å². The summed E-state index contributed by atoms with van der Waals surface area (Å²) in [6, 6.07) is 10.5. The van der Waals surface area contributed by atoms with Crippen molar-refractivity contribution in [3.8, 4) is 11.3 Å². The molecule has 3 aromatic rings. The van der Waals surface area contributed by atoms with Gasteiger partial charge in [0.25, 0.3) is 0 Å². The van der Waals surface area contributed by atoms with Gasteiger partial charge in [-0.15, -0.1) is 0 Å². The van der Waals surface area contributed by atoms with Crippen LogP contribution in [0.15, 0.2) is 48.9 Å². The number of aromatic amines is 1. The molecule has 0 aliphatic carbocycles. The predicted octanol–water partition coefficient (Wildman–Crippen LogP) is 3.47. The van der Waals surface area contributed by atoms with Gasteiger partial charge in [-0.05, 0) is 32.0 Å². The maximum atomic E-state index is 4.32. The fourth-order valence-electron chi connectivity index (χ4n) is 2.30. The van der Waals surface area contributed by atoms with Gasteiger partial charge in [0.15, 0.2) is 0 Å². The number of nitrogens with zero attached hydrogens (tertiary/aromatic N) is 3. The third kappa shape index (κ3) is 2.97. The van der Waals surface area contributed by atoms with Crippen molar-refractivity contribution in [2.75, 3.05) is 5.32 Å². The summed E-state index contributed by atoms with van der Waals surface area (Å²) in [7, 11) is 0. The first-order valence-electron chi connectivity index (χ1n) is 7.15. The van der Waals surface area contributed by atoms with Gasteiger partial charge < -0.3 is 5.32 Å². The molecule has 0 spiro atoms. The lowest BCUT2D eigenvalue weighted by Crippen LogP contribution is -2.05. The molecule has 5 nitrogen and oxygen atoms in total. The first-order valence-corrected chi connectivity index (χ1v) is 7.15. The fourth-order valence-corrected chi connectivity index (χ4v) is 2.30. The van der Waals surface area contributed by atoms with Gasteiger partial charge in [0.2, 0.25) is 0 Å². The van der Waals surface area contributed by atoms with Gasteiger partial charge >= 0.3 is 0 Å². The van der Waals surface area contributed by atoms with Crippen LogP contribution in [-0.4, -0.2) is 20.0 Å². The molecule has 3 rings (SSSR count). The molecule has 1 atom stereocenters. The van der Waals surface area contributed by atoms with E-state index in [1.54, 1.807) is 6.20 Å². The quantitative estimate of drug-likeness (QED) is 0.753. The van der Waals surface area contributed by atoms with Crippen LogP contribution < -0.4 is 5.32 Å². The molecule has 0 saturated heterocycles. The number of rotatable bonds is 5. The van der Waals surface area contributed by atoms with E-state index in [9.17, 15) is 0 Å². The summed E-state index contributed by atoms with van der Waals surface area (Å²) in [4.78, 5) is 0. The van der Waals surface area contributed by atoms with Gasteiger partial charge in [-0.3, -0.25) is 9.78 Å². The first kappa shape index (κ1) is 13.4. The number of H-pyrrole nitrogens is 1. The van der Waals surface area contributed by atoms with E-state index in [0.29, 0.717) is 0 Å². The minimum Gasteiger partial charge on any atom is -0.378 e. The van der Waals surface area contributed by atoms with Crippen LogP contribution >= 0.6 is 0 Å². The molecule has 0 bridgehead atoms. The average Bonchev–Trinajstić information content (AvgIpc) is 3.19. The normalized spacial score (nSPS) is 12.3. The minimum atomic E-state index is 0.210. The standard InChI is InChI=1S/C16H19N5/c1-3-21-11-14(10-18-21)12(2)19-15-6-4-5-13(9-15)16-7-8-17-20-16/h4-12,19H,3H2,1-2H3,(H,17,20). The highest BCUT2D eigenvalue weighted by Gasteiger charge is 2.08. The summed E-state index contributed by atoms with van der Waals surface area (Å²) >= 11 is 0. The molecule has 0 fully saturated rings. The van der Waals surface area contributed by atoms with Crippen molar-refractivity contribution in [2.24, 2.45) is 0 Å². The predicted molar refractivity (Wildman–Crippen MR) is 84.0 cm³/mol. The number of benzene rings is 1. The molecular formula is C16H19N5. The van der Waals surface area contributed by atoms with Crippen LogP contribution in [0.3, 0.4) is 0 Å². The molecule has 2 N–H and O–H groups in total. The minimum absolute atomic E-state index is 0.210. The second kappa shape index (κ2) is 5.83. The Labute approximate surface area is 124 Å². The van der Waals surface area contributed by atoms with Gasteiger partial charge in [0.1, 0.15) is 0 Å². The van der Waals surface area contributed by atoms with E-state index in [4.69, 9.17) is 0 Å². The Morgan fingerprint density at radius 3 is 2.95 bits per heavy atom. The molecule has 2 heterocycles. The SMILES string of the molecule is CCn1cc(C(C)Nc2cccc(-c3ccn[nH]3)c2)cn1. The maximum Gasteiger partial charge on any atom is 0.0650 e. The van der Waals surface area contributed by atoms with Crippen LogP contribution in [0.25, 0.3) is 11.3 Å². The van der Waals surface area contributed by atoms with Crippen LogP contribution in [0.4, 0.5) is 5.69 Å². The lowest BCUT2D eigenvalue weighted by Gasteiger charge is -2.14. The molecule has 5 heteroatoms. The van der Waals surface area contributed by atoms with Gasteiger partial charge in [-0.25, -0.2) is 0 Å². The topological polar surface area (TPSA) is 58.5 Å². The molecule has 0 aliphatic heterocycles. The smallest absolute Gasteiger partial charge is 0.0650 e. The van der Waals surface area contributed by atoms with Crippen molar-refractivity contribution < 1.29 is 0 Å². The van der Waals surface area contributed by atoms with E-state index < -0.39 is 0 Å². The molecule has 108 valence electrons. The lowest BCUT2D eigenvalue weighted by atomic mass is 10.1. The second-order valence-corrected chi connectivity index (χ2v) is 5.05. The fraction of sp³-hybridized carbons (Fsp3) is 0.250. The summed E-state index contributed by atoms with van der Waals surface area (Å²) < 4.78 is 1.94. The summed E-state index contributed by atoms with van der Waals surface area (Å²) in [5, 5.41) is 14.8. The molecule has 21 heavy (non-hydrogen) atoms. The summed E-state index contributed by atoms with van der Waals surface area (Å²) in [5.74, 6) is 0. The number of aryl methyl sites for hydroxylation is 1. The van der Waals surface area contributed by atoms with Crippen molar-refractivity contribution in [1.82, 2.24) is 20.0 Å². The highest BCUT2D eigenvalue weighted by molar-refractivity contribution is 5.64. The Kier molecular flexibility index (Phi) is 3.73. The zero-order valence-electron chi connectivity index (χ0n) is 12.2. The zero-order valence-corrected chi connectivity index (χ0v) is 12.2. The number of hydrogen-bond donors (Lipinski definition) is 2. The number of anilines is 1. The molecule has 0 radical (unpaired) electrons. The Morgan fingerprint density at radius 2 is 2.24 bits per heavy atom. The van der Waals surface area contributed by atoms with Crippen LogP contribution in [0.1, 0.15) is 25.5 Å². The van der Waals surface area contributed by atoms with Crippen LogP contribution in [-0.2, 0) is 6.54 Å². The Morgan fingerprint density at radius 1 is 1.33 bits per heavy atom. The highest BCUT2D eigenvalue weighted by atomic mass is 15.3. The number of nitrogens with one attached hydrogen (secondary N) is 2. The molecule has 0 amide bonds. The third-order valence-electron chi connectivity index (χ3n) is 3.53. The van der Waals surface area contributed by atoms with Gasteiger partial charge in [-0.2, -0.15) is 10.2 Å². The largest absolute Gasteiger partial charge is 0.378 e. The van der Waals surface area contributed by atoms with Crippen LogP contribution in [0, 0.1) is 0 Å².